The summed E-state index contributed by atoms with van der Waals surface area (Å²) in [5, 5.41) is 2.36. The average molecular weight is 470 g/mol. The van der Waals surface area contributed by atoms with Crippen LogP contribution in [0.25, 0.3) is 11.1 Å². The molecule has 2 aliphatic heterocycles. The summed E-state index contributed by atoms with van der Waals surface area (Å²) in [4.78, 5) is 44.1. The van der Waals surface area contributed by atoms with Crippen LogP contribution in [0, 0.1) is 0 Å². The number of hydrogen-bond acceptors (Lipinski definition) is 6. The van der Waals surface area contributed by atoms with E-state index in [1.54, 1.807) is 35.4 Å². The maximum atomic E-state index is 13.2. The highest BCUT2D eigenvalue weighted by atomic mass is 79.9. The topological polar surface area (TPSA) is 102 Å². The number of furan rings is 1. The second-order valence-electron chi connectivity index (χ2n) is 7.41. The van der Waals surface area contributed by atoms with E-state index in [0.717, 1.165) is 5.56 Å². The number of fused-ring (bicyclic) bond motifs is 2. The van der Waals surface area contributed by atoms with Crippen LogP contribution in [0.5, 0.6) is 5.75 Å². The molecule has 3 amide bonds. The third-order valence-electron chi connectivity index (χ3n) is 5.64. The van der Waals surface area contributed by atoms with Crippen molar-refractivity contribution >= 4 is 44.8 Å². The Balaban J connectivity index is 1.56. The van der Waals surface area contributed by atoms with E-state index in [1.807, 2.05) is 6.07 Å². The number of imide groups is 1. The molecule has 152 valence electrons. The van der Waals surface area contributed by atoms with Gasteiger partial charge in [0.15, 0.2) is 5.58 Å². The second kappa shape index (κ2) is 6.66. The molecule has 9 heteroatoms. The van der Waals surface area contributed by atoms with Crippen molar-refractivity contribution in [2.24, 2.45) is 0 Å². The van der Waals surface area contributed by atoms with Crippen molar-refractivity contribution in [3.8, 4) is 5.75 Å². The fourth-order valence-electron chi connectivity index (χ4n) is 4.16. The summed E-state index contributed by atoms with van der Waals surface area (Å²) < 4.78 is 11.8. The number of amides is 3. The minimum atomic E-state index is -1.31. The van der Waals surface area contributed by atoms with Crippen molar-refractivity contribution < 1.29 is 23.5 Å². The molecule has 8 nitrogen and oxygen atoms in total. The van der Waals surface area contributed by atoms with Crippen molar-refractivity contribution in [1.82, 2.24) is 15.2 Å². The SMILES string of the molecule is COc1ccc2c(c1Br)C(=O)N(C[C@@]1(c3cc4ncccc4o3)CC(=O)NC1=O)C2. The second-order valence-corrected chi connectivity index (χ2v) is 8.20. The lowest BCUT2D eigenvalue weighted by atomic mass is 9.82. The summed E-state index contributed by atoms with van der Waals surface area (Å²) in [7, 11) is 1.53. The molecule has 2 aliphatic rings. The van der Waals surface area contributed by atoms with Crippen LogP contribution in [0.15, 0.2) is 45.4 Å². The zero-order valence-electron chi connectivity index (χ0n) is 15.9. The lowest BCUT2D eigenvalue weighted by Crippen LogP contribution is -2.46. The van der Waals surface area contributed by atoms with Crippen LogP contribution in [-0.2, 0) is 21.5 Å². The molecule has 0 saturated carbocycles. The molecule has 5 rings (SSSR count). The van der Waals surface area contributed by atoms with Gasteiger partial charge >= 0.3 is 0 Å². The number of ether oxygens (including phenoxy) is 1. The molecular weight excluding hydrogens is 454 g/mol. The fourth-order valence-corrected chi connectivity index (χ4v) is 4.88. The first-order valence-electron chi connectivity index (χ1n) is 9.27. The van der Waals surface area contributed by atoms with E-state index < -0.39 is 17.2 Å². The highest BCUT2D eigenvalue weighted by Crippen LogP contribution is 2.41. The Labute approximate surface area is 179 Å². The van der Waals surface area contributed by atoms with Gasteiger partial charge in [0.1, 0.15) is 22.4 Å². The first kappa shape index (κ1) is 18.8. The van der Waals surface area contributed by atoms with Crippen LogP contribution in [0.3, 0.4) is 0 Å². The molecule has 4 heterocycles. The lowest BCUT2D eigenvalue weighted by Gasteiger charge is -2.28. The van der Waals surface area contributed by atoms with Gasteiger partial charge < -0.3 is 14.1 Å². The van der Waals surface area contributed by atoms with E-state index in [9.17, 15) is 14.4 Å². The van der Waals surface area contributed by atoms with Gasteiger partial charge in [-0.3, -0.25) is 24.7 Å². The number of aromatic nitrogens is 1. The van der Waals surface area contributed by atoms with E-state index in [0.29, 0.717) is 39.2 Å². The Hall–Kier alpha value is -3.20. The number of carbonyl (C=O) groups is 3. The highest BCUT2D eigenvalue weighted by Gasteiger charge is 2.53. The number of nitrogens with zero attached hydrogens (tertiary/aromatic N) is 2. The number of rotatable bonds is 4. The summed E-state index contributed by atoms with van der Waals surface area (Å²) in [6, 6.07) is 8.75. The van der Waals surface area contributed by atoms with Gasteiger partial charge in [-0.1, -0.05) is 6.07 Å². The molecule has 0 spiro atoms. The molecular formula is C21H16BrN3O5. The first-order valence-corrected chi connectivity index (χ1v) is 10.1. The maximum Gasteiger partial charge on any atom is 0.255 e. The number of nitrogens with one attached hydrogen (secondary N) is 1. The van der Waals surface area contributed by atoms with Crippen LogP contribution in [0.4, 0.5) is 0 Å². The van der Waals surface area contributed by atoms with Crippen LogP contribution in [0.1, 0.15) is 28.1 Å². The Morgan fingerprint density at radius 3 is 2.83 bits per heavy atom. The maximum absolute atomic E-state index is 13.2. The summed E-state index contributed by atoms with van der Waals surface area (Å²) in [6.07, 6.45) is 1.52. The molecule has 30 heavy (non-hydrogen) atoms. The number of methoxy groups -OCH3 is 1. The molecule has 2 aromatic heterocycles. The Kier molecular flexibility index (Phi) is 4.18. The van der Waals surface area contributed by atoms with Gasteiger partial charge in [-0.2, -0.15) is 0 Å². The molecule has 1 N–H and O–H groups in total. The quantitative estimate of drug-likeness (QED) is 0.589. The molecule has 1 saturated heterocycles. The van der Waals surface area contributed by atoms with Crippen LogP contribution >= 0.6 is 15.9 Å². The van der Waals surface area contributed by atoms with Crippen molar-refractivity contribution in [1.29, 1.82) is 0 Å². The zero-order chi connectivity index (χ0) is 21.0. The minimum absolute atomic E-state index is 0.00661. The molecule has 1 fully saturated rings. The smallest absolute Gasteiger partial charge is 0.255 e. The molecule has 1 aromatic carbocycles. The molecule has 0 bridgehead atoms. The normalized spacial score (nSPS) is 20.7. The van der Waals surface area contributed by atoms with Gasteiger partial charge in [0.25, 0.3) is 5.91 Å². The lowest BCUT2D eigenvalue weighted by molar-refractivity contribution is -0.126. The third kappa shape index (κ3) is 2.65. The van der Waals surface area contributed by atoms with Crippen LogP contribution in [-0.4, -0.2) is 41.3 Å². The summed E-state index contributed by atoms with van der Waals surface area (Å²) in [5.41, 5.74) is 1.11. The fraction of sp³-hybridized carbons (Fsp3) is 0.238. The van der Waals surface area contributed by atoms with E-state index in [2.05, 4.69) is 26.2 Å². The largest absolute Gasteiger partial charge is 0.496 e. The van der Waals surface area contributed by atoms with Gasteiger partial charge in [-0.25, -0.2) is 0 Å². The van der Waals surface area contributed by atoms with Gasteiger partial charge in [0.05, 0.1) is 23.6 Å². The monoisotopic (exact) mass is 469 g/mol. The summed E-state index contributed by atoms with van der Waals surface area (Å²) in [5.74, 6) is -0.250. The molecule has 0 aliphatic carbocycles. The number of pyridine rings is 1. The zero-order valence-corrected chi connectivity index (χ0v) is 17.5. The summed E-state index contributed by atoms with van der Waals surface area (Å²) >= 11 is 3.44. The Morgan fingerprint density at radius 1 is 1.30 bits per heavy atom. The van der Waals surface area contributed by atoms with E-state index >= 15 is 0 Å². The Bertz CT molecular complexity index is 1200. The summed E-state index contributed by atoms with van der Waals surface area (Å²) in [6.45, 7) is 0.325. The molecule has 0 unspecified atom stereocenters. The Morgan fingerprint density at radius 2 is 2.13 bits per heavy atom. The van der Waals surface area contributed by atoms with Crippen molar-refractivity contribution in [3.05, 3.63) is 57.9 Å². The van der Waals surface area contributed by atoms with Crippen LogP contribution in [0.2, 0.25) is 0 Å². The standard InChI is InChI=1S/C21H16BrN3O5/c1-29-14-5-4-11-9-25(19(27)17(11)18(14)22)10-21(8-16(26)24-20(21)28)15-7-12-13(30-15)3-2-6-23-12/h2-7H,8-10H2,1H3,(H,24,26,28)/t21-/m1/s1. The molecule has 0 radical (unpaired) electrons. The van der Waals surface area contributed by atoms with Gasteiger partial charge in [-0.15, -0.1) is 0 Å². The molecule has 1 atom stereocenters. The number of hydrogen-bond donors (Lipinski definition) is 1. The number of benzene rings is 1. The van der Waals surface area contributed by atoms with Gasteiger partial charge in [0.2, 0.25) is 11.8 Å². The highest BCUT2D eigenvalue weighted by molar-refractivity contribution is 9.10. The van der Waals surface area contributed by atoms with Gasteiger partial charge in [-0.05, 0) is 39.7 Å². The molecule has 3 aromatic rings. The van der Waals surface area contributed by atoms with E-state index in [4.69, 9.17) is 9.15 Å². The van der Waals surface area contributed by atoms with Crippen molar-refractivity contribution in [2.75, 3.05) is 13.7 Å². The predicted molar refractivity (Wildman–Crippen MR) is 109 cm³/mol. The van der Waals surface area contributed by atoms with E-state index in [-0.39, 0.29) is 18.9 Å². The third-order valence-corrected chi connectivity index (χ3v) is 6.43. The van der Waals surface area contributed by atoms with Crippen LogP contribution < -0.4 is 10.1 Å². The van der Waals surface area contributed by atoms with Crippen molar-refractivity contribution in [3.63, 3.8) is 0 Å². The van der Waals surface area contributed by atoms with Crippen molar-refractivity contribution in [2.45, 2.75) is 18.4 Å². The predicted octanol–water partition coefficient (Wildman–Crippen LogP) is 2.54. The van der Waals surface area contributed by atoms with E-state index in [1.165, 1.54) is 7.11 Å². The number of carbonyl (C=O) groups excluding carboxylic acids is 3. The minimum Gasteiger partial charge on any atom is -0.496 e. The number of halogens is 1. The average Bonchev–Trinajstić information content (AvgIpc) is 3.37. The first-order chi connectivity index (χ1) is 14.4. The van der Waals surface area contributed by atoms with Gasteiger partial charge in [0, 0.05) is 25.4 Å².